The third-order valence-corrected chi connectivity index (χ3v) is 5.72. The van der Waals surface area contributed by atoms with E-state index in [4.69, 9.17) is 11.6 Å². The summed E-state index contributed by atoms with van der Waals surface area (Å²) in [5, 5.41) is 4.49. The van der Waals surface area contributed by atoms with E-state index in [9.17, 15) is 0 Å². The molecule has 2 aliphatic rings. The fourth-order valence-corrected chi connectivity index (χ4v) is 4.63. The molecule has 104 valence electrons. The second-order valence-corrected chi connectivity index (χ2v) is 7.37. The molecule has 1 aromatic carbocycles. The number of halogens is 2. The summed E-state index contributed by atoms with van der Waals surface area (Å²) < 4.78 is 1.07. The molecule has 0 saturated heterocycles. The van der Waals surface area contributed by atoms with Gasteiger partial charge < -0.3 is 5.32 Å². The number of fused-ring (bicyclic) bond motifs is 1. The van der Waals surface area contributed by atoms with Gasteiger partial charge in [0.15, 0.2) is 0 Å². The smallest absolute Gasteiger partial charge is 0.0487 e. The number of anilines is 1. The molecule has 3 heteroatoms. The zero-order chi connectivity index (χ0) is 13.2. The number of hydrogen-bond acceptors (Lipinski definition) is 1. The van der Waals surface area contributed by atoms with E-state index in [1.807, 2.05) is 12.1 Å². The van der Waals surface area contributed by atoms with Crippen LogP contribution < -0.4 is 5.32 Å². The Balaban J connectivity index is 1.64. The number of rotatable bonds is 2. The second-order valence-electron chi connectivity index (χ2n) is 6.08. The molecule has 0 radical (unpaired) electrons. The average Bonchev–Trinajstić information content (AvgIpc) is 2.42. The van der Waals surface area contributed by atoms with Crippen molar-refractivity contribution >= 4 is 33.2 Å². The largest absolute Gasteiger partial charge is 0.381 e. The van der Waals surface area contributed by atoms with E-state index < -0.39 is 0 Å². The van der Waals surface area contributed by atoms with Gasteiger partial charge in [-0.2, -0.15) is 0 Å². The Morgan fingerprint density at radius 3 is 2.63 bits per heavy atom. The van der Waals surface area contributed by atoms with Crippen LogP contribution in [0, 0.1) is 11.8 Å². The van der Waals surface area contributed by atoms with E-state index >= 15 is 0 Å². The Morgan fingerprint density at radius 1 is 1.05 bits per heavy atom. The number of nitrogens with one attached hydrogen (secondary N) is 1. The third-order valence-electron chi connectivity index (χ3n) is 4.83. The van der Waals surface area contributed by atoms with E-state index in [0.29, 0.717) is 6.04 Å². The monoisotopic (exact) mass is 341 g/mol. The van der Waals surface area contributed by atoms with Gasteiger partial charge in [0.25, 0.3) is 0 Å². The molecule has 0 amide bonds. The van der Waals surface area contributed by atoms with E-state index in [-0.39, 0.29) is 0 Å². The van der Waals surface area contributed by atoms with Crippen LogP contribution in [-0.2, 0) is 0 Å². The van der Waals surface area contributed by atoms with Crippen LogP contribution in [0.2, 0.25) is 5.02 Å². The molecule has 1 N–H and O–H groups in total. The van der Waals surface area contributed by atoms with Gasteiger partial charge in [-0.1, -0.05) is 37.3 Å². The Bertz CT molecular complexity index is 448. The molecule has 2 aliphatic carbocycles. The van der Waals surface area contributed by atoms with Gasteiger partial charge in [-0.15, -0.1) is 0 Å². The predicted molar refractivity (Wildman–Crippen MR) is 85.9 cm³/mol. The standard InChI is InChI=1S/C16H21BrClN/c17-15-10-13(18)6-8-16(15)19-14-7-5-11-3-1-2-4-12(11)9-14/h6,8,10-12,14,19H,1-5,7,9H2. The summed E-state index contributed by atoms with van der Waals surface area (Å²) in [7, 11) is 0. The van der Waals surface area contributed by atoms with Crippen molar-refractivity contribution in [3.8, 4) is 0 Å². The highest BCUT2D eigenvalue weighted by molar-refractivity contribution is 9.10. The quantitative estimate of drug-likeness (QED) is 0.708. The Hall–Kier alpha value is -0.210. The summed E-state index contributed by atoms with van der Waals surface area (Å²) in [6.07, 6.45) is 9.90. The summed E-state index contributed by atoms with van der Waals surface area (Å²) in [6, 6.07) is 6.65. The van der Waals surface area contributed by atoms with Crippen LogP contribution in [0.5, 0.6) is 0 Å². The summed E-state index contributed by atoms with van der Waals surface area (Å²) in [6.45, 7) is 0. The van der Waals surface area contributed by atoms with Crippen molar-refractivity contribution in [3.63, 3.8) is 0 Å². The summed E-state index contributed by atoms with van der Waals surface area (Å²) >= 11 is 9.59. The Kier molecular flexibility index (Phi) is 4.38. The van der Waals surface area contributed by atoms with Crippen LogP contribution in [0.15, 0.2) is 22.7 Å². The van der Waals surface area contributed by atoms with Crippen molar-refractivity contribution in [1.82, 2.24) is 0 Å². The van der Waals surface area contributed by atoms with Gasteiger partial charge >= 0.3 is 0 Å². The molecule has 3 unspecified atom stereocenters. The van der Waals surface area contributed by atoms with Gasteiger partial charge in [-0.3, -0.25) is 0 Å². The molecule has 0 heterocycles. The van der Waals surface area contributed by atoms with E-state index in [1.165, 1.54) is 50.6 Å². The lowest BCUT2D eigenvalue weighted by Gasteiger charge is -2.40. The summed E-state index contributed by atoms with van der Waals surface area (Å²) in [4.78, 5) is 0. The van der Waals surface area contributed by atoms with Crippen LogP contribution in [-0.4, -0.2) is 6.04 Å². The average molecular weight is 343 g/mol. The highest BCUT2D eigenvalue weighted by Crippen LogP contribution is 2.41. The van der Waals surface area contributed by atoms with Crippen LogP contribution in [0.1, 0.15) is 44.9 Å². The van der Waals surface area contributed by atoms with Gasteiger partial charge in [0.05, 0.1) is 0 Å². The topological polar surface area (TPSA) is 12.0 Å². The lowest BCUT2D eigenvalue weighted by atomic mass is 9.69. The fourth-order valence-electron chi connectivity index (χ4n) is 3.83. The minimum Gasteiger partial charge on any atom is -0.381 e. The molecule has 1 nitrogen and oxygen atoms in total. The van der Waals surface area contributed by atoms with Crippen LogP contribution in [0.25, 0.3) is 0 Å². The zero-order valence-electron chi connectivity index (χ0n) is 11.2. The molecule has 0 bridgehead atoms. The first-order chi connectivity index (χ1) is 9.22. The maximum Gasteiger partial charge on any atom is 0.0487 e. The second kappa shape index (κ2) is 6.05. The molecule has 2 saturated carbocycles. The van der Waals surface area contributed by atoms with Crippen LogP contribution >= 0.6 is 27.5 Å². The van der Waals surface area contributed by atoms with Crippen molar-refractivity contribution < 1.29 is 0 Å². The van der Waals surface area contributed by atoms with E-state index in [0.717, 1.165) is 21.3 Å². The predicted octanol–water partition coefficient (Wildman–Crippen LogP) is 5.87. The molecular formula is C16H21BrClN. The van der Waals surface area contributed by atoms with Gasteiger partial charge in [-0.25, -0.2) is 0 Å². The molecule has 3 rings (SSSR count). The van der Waals surface area contributed by atoms with E-state index in [1.54, 1.807) is 0 Å². The molecular weight excluding hydrogens is 322 g/mol. The van der Waals surface area contributed by atoms with Crippen molar-refractivity contribution in [2.24, 2.45) is 11.8 Å². The SMILES string of the molecule is Clc1ccc(NC2CCC3CCCCC3C2)c(Br)c1. The molecule has 19 heavy (non-hydrogen) atoms. The van der Waals surface area contributed by atoms with Crippen molar-refractivity contribution in [2.75, 3.05) is 5.32 Å². The van der Waals surface area contributed by atoms with Crippen molar-refractivity contribution in [3.05, 3.63) is 27.7 Å². The molecule has 0 aliphatic heterocycles. The van der Waals surface area contributed by atoms with Gasteiger partial charge in [0.1, 0.15) is 0 Å². The first-order valence-electron chi connectivity index (χ1n) is 7.44. The molecule has 1 aromatic rings. The zero-order valence-corrected chi connectivity index (χ0v) is 13.5. The molecule has 0 spiro atoms. The Morgan fingerprint density at radius 2 is 1.84 bits per heavy atom. The lowest BCUT2D eigenvalue weighted by Crippen LogP contribution is -2.34. The van der Waals surface area contributed by atoms with Crippen molar-refractivity contribution in [2.45, 2.75) is 51.0 Å². The maximum absolute atomic E-state index is 5.99. The summed E-state index contributed by atoms with van der Waals surface area (Å²) in [5.41, 5.74) is 1.18. The van der Waals surface area contributed by atoms with Gasteiger partial charge in [0, 0.05) is 21.2 Å². The van der Waals surface area contributed by atoms with E-state index in [2.05, 4.69) is 27.3 Å². The Labute approximate surface area is 129 Å². The minimum absolute atomic E-state index is 0.636. The van der Waals surface area contributed by atoms with Gasteiger partial charge in [0.2, 0.25) is 0 Å². The number of hydrogen-bond donors (Lipinski definition) is 1. The fraction of sp³-hybridized carbons (Fsp3) is 0.625. The lowest BCUT2D eigenvalue weighted by molar-refractivity contribution is 0.162. The molecule has 2 fully saturated rings. The van der Waals surface area contributed by atoms with Gasteiger partial charge in [-0.05, 0) is 65.2 Å². The summed E-state index contributed by atoms with van der Waals surface area (Å²) in [5.74, 6) is 1.98. The van der Waals surface area contributed by atoms with Crippen LogP contribution in [0.4, 0.5) is 5.69 Å². The molecule has 3 atom stereocenters. The third kappa shape index (κ3) is 3.28. The highest BCUT2D eigenvalue weighted by atomic mass is 79.9. The molecule has 0 aromatic heterocycles. The first kappa shape index (κ1) is 13.8. The minimum atomic E-state index is 0.636. The maximum atomic E-state index is 5.99. The van der Waals surface area contributed by atoms with Crippen molar-refractivity contribution in [1.29, 1.82) is 0 Å². The van der Waals surface area contributed by atoms with Crippen LogP contribution in [0.3, 0.4) is 0 Å². The highest BCUT2D eigenvalue weighted by Gasteiger charge is 2.32. The first-order valence-corrected chi connectivity index (χ1v) is 8.61. The number of benzene rings is 1. The normalized spacial score (nSPS) is 30.7.